The van der Waals surface area contributed by atoms with E-state index in [0.29, 0.717) is 17.9 Å². The molecule has 0 spiro atoms. The molecule has 0 aliphatic rings. The number of carbonyl (C=O) groups excluding carboxylic acids is 2. The minimum Gasteiger partial charge on any atom is -0.497 e. The lowest BCUT2D eigenvalue weighted by Gasteiger charge is -2.33. The first-order chi connectivity index (χ1) is 18.2. The molecular formula is C28H33N3O6S. The Labute approximate surface area is 224 Å². The number of anilines is 1. The largest absolute Gasteiger partial charge is 0.497 e. The van der Waals surface area contributed by atoms with Crippen LogP contribution >= 0.6 is 0 Å². The summed E-state index contributed by atoms with van der Waals surface area (Å²) < 4.78 is 39.1. The highest BCUT2D eigenvalue weighted by molar-refractivity contribution is 7.92. The fourth-order valence-corrected chi connectivity index (χ4v) is 5.49. The zero-order valence-electron chi connectivity index (χ0n) is 22.0. The number of sulfonamides is 1. The predicted octanol–water partition coefficient (Wildman–Crippen LogP) is 3.45. The maximum atomic E-state index is 13.9. The molecule has 0 heterocycles. The molecule has 202 valence electrons. The third-order valence-corrected chi connectivity index (χ3v) is 7.88. The standard InChI is InChI=1S/C28H33N3O6S/c1-5-26(28(33)29-2)30(19-21-10-9-11-24(18-21)37-4)27(32)20-31(22-14-16-23(36-3)17-15-22)38(34,35)25-12-7-6-8-13-25/h6-18,26H,5,19-20H2,1-4H3,(H,29,33). The van der Waals surface area contributed by atoms with Crippen molar-refractivity contribution >= 4 is 27.5 Å². The lowest BCUT2D eigenvalue weighted by atomic mass is 10.1. The number of carbonyl (C=O) groups is 2. The van der Waals surface area contributed by atoms with Gasteiger partial charge in [0.2, 0.25) is 11.8 Å². The number of rotatable bonds is 12. The summed E-state index contributed by atoms with van der Waals surface area (Å²) in [6, 6.07) is 20.7. The Kier molecular flexibility index (Phi) is 9.72. The van der Waals surface area contributed by atoms with Gasteiger partial charge in [-0.05, 0) is 60.5 Å². The molecule has 0 saturated carbocycles. The minimum atomic E-state index is -4.12. The Morgan fingerprint density at radius 1 is 0.895 bits per heavy atom. The van der Waals surface area contributed by atoms with Crippen LogP contribution in [0.5, 0.6) is 11.5 Å². The first-order valence-electron chi connectivity index (χ1n) is 12.1. The Morgan fingerprint density at radius 2 is 1.55 bits per heavy atom. The van der Waals surface area contributed by atoms with Crippen molar-refractivity contribution in [2.75, 3.05) is 32.1 Å². The number of benzene rings is 3. The molecule has 0 bridgehead atoms. The quantitative estimate of drug-likeness (QED) is 0.378. The molecular weight excluding hydrogens is 506 g/mol. The van der Waals surface area contributed by atoms with E-state index in [0.717, 1.165) is 9.87 Å². The topological polar surface area (TPSA) is 105 Å². The first kappa shape index (κ1) is 28.5. The van der Waals surface area contributed by atoms with Crippen molar-refractivity contribution in [2.24, 2.45) is 0 Å². The Morgan fingerprint density at radius 3 is 2.13 bits per heavy atom. The van der Waals surface area contributed by atoms with E-state index in [1.54, 1.807) is 74.7 Å². The van der Waals surface area contributed by atoms with E-state index in [4.69, 9.17) is 9.47 Å². The highest BCUT2D eigenvalue weighted by Gasteiger charge is 2.33. The van der Waals surface area contributed by atoms with Crippen LogP contribution in [0.25, 0.3) is 0 Å². The summed E-state index contributed by atoms with van der Waals surface area (Å²) in [5, 5.41) is 2.61. The molecule has 38 heavy (non-hydrogen) atoms. The van der Waals surface area contributed by atoms with Crippen LogP contribution in [-0.4, -0.2) is 59.0 Å². The highest BCUT2D eigenvalue weighted by Crippen LogP contribution is 2.27. The number of hydrogen-bond donors (Lipinski definition) is 1. The van der Waals surface area contributed by atoms with Crippen molar-refractivity contribution in [3.05, 3.63) is 84.4 Å². The summed E-state index contributed by atoms with van der Waals surface area (Å²) in [5.41, 5.74) is 1.03. The van der Waals surface area contributed by atoms with Crippen LogP contribution < -0.4 is 19.1 Å². The average Bonchev–Trinajstić information content (AvgIpc) is 2.96. The van der Waals surface area contributed by atoms with Gasteiger partial charge < -0.3 is 19.7 Å². The van der Waals surface area contributed by atoms with Gasteiger partial charge in [-0.25, -0.2) is 8.42 Å². The fraction of sp³-hybridized carbons (Fsp3) is 0.286. The third-order valence-electron chi connectivity index (χ3n) is 6.09. The van der Waals surface area contributed by atoms with E-state index in [9.17, 15) is 18.0 Å². The summed E-state index contributed by atoms with van der Waals surface area (Å²) in [6.07, 6.45) is 0.337. The van der Waals surface area contributed by atoms with E-state index in [1.807, 2.05) is 6.07 Å². The van der Waals surface area contributed by atoms with Crippen molar-refractivity contribution in [1.82, 2.24) is 10.2 Å². The van der Waals surface area contributed by atoms with Gasteiger partial charge in [-0.2, -0.15) is 0 Å². The van der Waals surface area contributed by atoms with E-state index < -0.39 is 28.5 Å². The summed E-state index contributed by atoms with van der Waals surface area (Å²) in [7, 11) is 0.438. The van der Waals surface area contributed by atoms with Gasteiger partial charge in [0.1, 0.15) is 24.1 Å². The van der Waals surface area contributed by atoms with E-state index in [1.165, 1.54) is 31.2 Å². The number of methoxy groups -OCH3 is 2. The van der Waals surface area contributed by atoms with Crippen LogP contribution in [0.1, 0.15) is 18.9 Å². The molecule has 0 aromatic heterocycles. The number of nitrogens with zero attached hydrogens (tertiary/aromatic N) is 2. The molecule has 0 saturated heterocycles. The van der Waals surface area contributed by atoms with Crippen molar-refractivity contribution in [1.29, 1.82) is 0 Å². The number of nitrogens with one attached hydrogen (secondary N) is 1. The zero-order valence-corrected chi connectivity index (χ0v) is 22.8. The highest BCUT2D eigenvalue weighted by atomic mass is 32.2. The number of likely N-dealkylation sites (N-methyl/N-ethyl adjacent to an activating group) is 1. The van der Waals surface area contributed by atoms with Crippen molar-refractivity contribution < 1.29 is 27.5 Å². The summed E-state index contributed by atoms with van der Waals surface area (Å²) in [5.74, 6) is 0.279. The Balaban J connectivity index is 2.05. The molecule has 9 nitrogen and oxygen atoms in total. The second-order valence-electron chi connectivity index (χ2n) is 8.43. The molecule has 3 rings (SSSR count). The predicted molar refractivity (Wildman–Crippen MR) is 146 cm³/mol. The van der Waals surface area contributed by atoms with Gasteiger partial charge in [0, 0.05) is 13.6 Å². The van der Waals surface area contributed by atoms with Crippen molar-refractivity contribution in [2.45, 2.75) is 30.8 Å². The number of ether oxygens (including phenoxy) is 2. The normalized spacial score (nSPS) is 11.8. The SMILES string of the molecule is CCC(C(=O)NC)N(Cc1cccc(OC)c1)C(=O)CN(c1ccc(OC)cc1)S(=O)(=O)c1ccccc1. The second-order valence-corrected chi connectivity index (χ2v) is 10.3. The van der Waals surface area contributed by atoms with Crippen molar-refractivity contribution in [3.63, 3.8) is 0 Å². The van der Waals surface area contributed by atoms with Gasteiger partial charge >= 0.3 is 0 Å². The summed E-state index contributed by atoms with van der Waals surface area (Å²) in [4.78, 5) is 28.1. The minimum absolute atomic E-state index is 0.0429. The lowest BCUT2D eigenvalue weighted by molar-refractivity contribution is -0.140. The molecule has 1 unspecified atom stereocenters. The van der Waals surface area contributed by atoms with Crippen molar-refractivity contribution in [3.8, 4) is 11.5 Å². The molecule has 0 aliphatic carbocycles. The van der Waals surface area contributed by atoms with Gasteiger partial charge in [0.05, 0.1) is 24.8 Å². The summed E-state index contributed by atoms with van der Waals surface area (Å²) >= 11 is 0. The molecule has 0 aliphatic heterocycles. The maximum Gasteiger partial charge on any atom is 0.264 e. The Bertz CT molecular complexity index is 1330. The van der Waals surface area contributed by atoms with Gasteiger partial charge in [-0.3, -0.25) is 13.9 Å². The van der Waals surface area contributed by atoms with Crippen LogP contribution in [0.4, 0.5) is 5.69 Å². The van der Waals surface area contributed by atoms with Crippen LogP contribution in [0.2, 0.25) is 0 Å². The van der Waals surface area contributed by atoms with Crippen LogP contribution in [-0.2, 0) is 26.2 Å². The molecule has 0 radical (unpaired) electrons. The Hall–Kier alpha value is -4.05. The monoisotopic (exact) mass is 539 g/mol. The number of amides is 2. The molecule has 1 N–H and O–H groups in total. The third kappa shape index (κ3) is 6.63. The molecule has 10 heteroatoms. The maximum absolute atomic E-state index is 13.9. The zero-order chi connectivity index (χ0) is 27.7. The van der Waals surface area contributed by atoms with Crippen LogP contribution in [0, 0.1) is 0 Å². The molecule has 0 fully saturated rings. The summed E-state index contributed by atoms with van der Waals surface area (Å²) in [6.45, 7) is 1.37. The first-order valence-corrected chi connectivity index (χ1v) is 13.5. The average molecular weight is 540 g/mol. The smallest absolute Gasteiger partial charge is 0.264 e. The number of hydrogen-bond acceptors (Lipinski definition) is 6. The van der Waals surface area contributed by atoms with Gasteiger partial charge in [0.25, 0.3) is 10.0 Å². The lowest BCUT2D eigenvalue weighted by Crippen LogP contribution is -2.51. The molecule has 3 aromatic carbocycles. The molecule has 1 atom stereocenters. The van der Waals surface area contributed by atoms with E-state index in [2.05, 4.69) is 5.32 Å². The van der Waals surface area contributed by atoms with E-state index in [-0.39, 0.29) is 23.0 Å². The van der Waals surface area contributed by atoms with Gasteiger partial charge in [-0.15, -0.1) is 0 Å². The van der Waals surface area contributed by atoms with Crippen LogP contribution in [0.15, 0.2) is 83.8 Å². The fourth-order valence-electron chi connectivity index (χ4n) is 4.05. The van der Waals surface area contributed by atoms with Crippen LogP contribution in [0.3, 0.4) is 0 Å². The molecule has 3 aromatic rings. The second kappa shape index (κ2) is 13.0. The molecule has 2 amide bonds. The van der Waals surface area contributed by atoms with E-state index >= 15 is 0 Å². The van der Waals surface area contributed by atoms with Gasteiger partial charge in [0.15, 0.2) is 0 Å². The van der Waals surface area contributed by atoms with Gasteiger partial charge in [-0.1, -0.05) is 37.3 Å².